The van der Waals surface area contributed by atoms with Crippen LogP contribution in [0.5, 0.6) is 0 Å². The lowest BCUT2D eigenvalue weighted by atomic mass is 9.79. The number of amides is 2. The summed E-state index contributed by atoms with van der Waals surface area (Å²) in [5.41, 5.74) is 1.55. The van der Waals surface area contributed by atoms with Crippen molar-refractivity contribution in [3.8, 4) is 0 Å². The number of carbonyl (C=O) groups excluding carboxylic acids is 3. The van der Waals surface area contributed by atoms with Gasteiger partial charge in [0, 0.05) is 16.6 Å². The van der Waals surface area contributed by atoms with E-state index in [2.05, 4.69) is 0 Å². The van der Waals surface area contributed by atoms with Gasteiger partial charge in [-0.1, -0.05) is 68.2 Å². The van der Waals surface area contributed by atoms with E-state index in [1.165, 1.54) is 6.07 Å². The molecule has 0 aliphatic carbocycles. The molecule has 32 heavy (non-hydrogen) atoms. The number of benzene rings is 2. The fourth-order valence-electron chi connectivity index (χ4n) is 5.20. The average Bonchev–Trinajstić information content (AvgIpc) is 3.20. The van der Waals surface area contributed by atoms with Gasteiger partial charge in [-0.15, -0.1) is 0 Å². The lowest BCUT2D eigenvalue weighted by molar-refractivity contribution is -0.135. The molecule has 0 N–H and O–H groups in total. The topological polar surface area (TPSA) is 57.7 Å². The van der Waals surface area contributed by atoms with Crippen LogP contribution in [0.1, 0.15) is 37.9 Å². The summed E-state index contributed by atoms with van der Waals surface area (Å²) in [7, 11) is 0. The van der Waals surface area contributed by atoms with E-state index < -0.39 is 35.2 Å². The lowest BCUT2D eigenvalue weighted by Gasteiger charge is -2.37. The van der Waals surface area contributed by atoms with E-state index >= 15 is 0 Å². The van der Waals surface area contributed by atoms with Gasteiger partial charge in [-0.2, -0.15) is 0 Å². The molecule has 5 nitrogen and oxygen atoms in total. The Hall–Kier alpha value is -2.63. The first-order chi connectivity index (χ1) is 15.1. The Balaban J connectivity index is 1.68. The van der Waals surface area contributed by atoms with Crippen LogP contribution in [0.4, 0.5) is 5.69 Å². The summed E-state index contributed by atoms with van der Waals surface area (Å²) >= 11 is 12.4. The third-order valence-electron chi connectivity index (χ3n) is 6.62. The van der Waals surface area contributed by atoms with Crippen LogP contribution in [0, 0.1) is 17.3 Å². The predicted molar refractivity (Wildman–Crippen MR) is 124 cm³/mol. The van der Waals surface area contributed by atoms with Crippen molar-refractivity contribution >= 4 is 52.6 Å². The smallest absolute Gasteiger partial charge is 0.240 e. The Labute approximate surface area is 196 Å². The Morgan fingerprint density at radius 1 is 0.969 bits per heavy atom. The number of rotatable bonds is 2. The largest absolute Gasteiger partial charge is 0.359 e. The maximum atomic E-state index is 13.8. The van der Waals surface area contributed by atoms with E-state index in [-0.39, 0.29) is 16.7 Å². The first kappa shape index (κ1) is 21.2. The lowest BCUT2D eigenvalue weighted by Crippen LogP contribution is -2.47. The molecule has 2 aromatic rings. The Bertz CT molecular complexity index is 1200. The highest BCUT2D eigenvalue weighted by atomic mass is 35.5. The van der Waals surface area contributed by atoms with E-state index in [4.69, 9.17) is 23.2 Å². The van der Waals surface area contributed by atoms with Gasteiger partial charge < -0.3 is 4.90 Å². The van der Waals surface area contributed by atoms with Crippen molar-refractivity contribution in [1.82, 2.24) is 4.90 Å². The van der Waals surface area contributed by atoms with Crippen molar-refractivity contribution in [3.63, 3.8) is 0 Å². The molecule has 164 valence electrons. The van der Waals surface area contributed by atoms with Crippen LogP contribution < -0.4 is 4.90 Å². The van der Waals surface area contributed by atoms with Gasteiger partial charge in [-0.05, 0) is 35.4 Å². The zero-order valence-corrected chi connectivity index (χ0v) is 19.4. The summed E-state index contributed by atoms with van der Waals surface area (Å²) in [5.74, 6) is -2.27. The van der Waals surface area contributed by atoms with Crippen LogP contribution in [0.25, 0.3) is 6.08 Å². The Morgan fingerprint density at radius 2 is 1.66 bits per heavy atom. The van der Waals surface area contributed by atoms with Crippen LogP contribution in [-0.4, -0.2) is 28.5 Å². The van der Waals surface area contributed by atoms with E-state index in [1.54, 1.807) is 12.1 Å². The molecule has 7 heteroatoms. The number of hydrogen-bond donors (Lipinski definition) is 0. The summed E-state index contributed by atoms with van der Waals surface area (Å²) in [6, 6.07) is 11.3. The highest BCUT2D eigenvalue weighted by molar-refractivity contribution is 6.38. The average molecular weight is 469 g/mol. The van der Waals surface area contributed by atoms with Gasteiger partial charge in [0.1, 0.15) is 6.04 Å². The van der Waals surface area contributed by atoms with Crippen molar-refractivity contribution in [2.75, 3.05) is 4.90 Å². The van der Waals surface area contributed by atoms with Crippen LogP contribution >= 0.6 is 23.2 Å². The molecule has 2 saturated heterocycles. The molecule has 3 aliphatic heterocycles. The van der Waals surface area contributed by atoms with Crippen molar-refractivity contribution in [1.29, 1.82) is 0 Å². The number of halogens is 2. The van der Waals surface area contributed by atoms with E-state index in [9.17, 15) is 14.4 Å². The van der Waals surface area contributed by atoms with E-state index in [1.807, 2.05) is 62.2 Å². The quantitative estimate of drug-likeness (QED) is 0.573. The molecule has 0 unspecified atom stereocenters. The third-order valence-corrected chi connectivity index (χ3v) is 7.16. The number of imide groups is 1. The minimum atomic E-state index is -0.790. The SMILES string of the molecule is CC(C)(C)C(=O)[C@@H]1[C@@H]2C(=O)N(c3ccc(Cl)cc3Cl)C(=O)[C@@H]2[C@H]2c3ccccc3C=CN12. The fourth-order valence-corrected chi connectivity index (χ4v) is 5.69. The van der Waals surface area contributed by atoms with Crippen LogP contribution in [0.15, 0.2) is 48.7 Å². The molecule has 0 aromatic heterocycles. The second-order valence-corrected chi connectivity index (χ2v) is 10.4. The molecular weight excluding hydrogens is 447 g/mol. The molecule has 0 saturated carbocycles. The third kappa shape index (κ3) is 2.95. The maximum absolute atomic E-state index is 13.8. The molecule has 3 heterocycles. The van der Waals surface area contributed by atoms with Gasteiger partial charge in [0.2, 0.25) is 11.8 Å². The van der Waals surface area contributed by atoms with Crippen molar-refractivity contribution in [2.24, 2.45) is 17.3 Å². The van der Waals surface area contributed by atoms with Crippen molar-refractivity contribution < 1.29 is 14.4 Å². The summed E-state index contributed by atoms with van der Waals surface area (Å²) in [6.45, 7) is 5.52. The highest BCUT2D eigenvalue weighted by Crippen LogP contribution is 2.54. The monoisotopic (exact) mass is 468 g/mol. The van der Waals surface area contributed by atoms with Gasteiger partial charge >= 0.3 is 0 Å². The number of ketones is 1. The maximum Gasteiger partial charge on any atom is 0.240 e. The normalized spacial score (nSPS) is 26.3. The number of hydrogen-bond acceptors (Lipinski definition) is 4. The second kappa shape index (κ2) is 7.19. The zero-order valence-electron chi connectivity index (χ0n) is 17.9. The molecule has 0 radical (unpaired) electrons. The molecule has 3 aliphatic rings. The van der Waals surface area contributed by atoms with Gasteiger partial charge in [0.25, 0.3) is 0 Å². The molecular formula is C25H22Cl2N2O3. The molecule has 2 aromatic carbocycles. The van der Waals surface area contributed by atoms with Crippen LogP contribution in [0.3, 0.4) is 0 Å². The summed E-state index contributed by atoms with van der Waals surface area (Å²) < 4.78 is 0. The first-order valence-corrected chi connectivity index (χ1v) is 11.3. The van der Waals surface area contributed by atoms with E-state index in [0.717, 1.165) is 16.0 Å². The van der Waals surface area contributed by atoms with E-state index in [0.29, 0.717) is 10.7 Å². The van der Waals surface area contributed by atoms with Gasteiger partial charge in [0.15, 0.2) is 5.78 Å². The van der Waals surface area contributed by atoms with Crippen LogP contribution in [-0.2, 0) is 14.4 Å². The second-order valence-electron chi connectivity index (χ2n) is 9.55. The number of Topliss-reactive ketones (excluding diaryl/α,β-unsaturated/α-hetero) is 1. The molecule has 0 spiro atoms. The highest BCUT2D eigenvalue weighted by Gasteiger charge is 2.65. The minimum absolute atomic E-state index is 0.0655. The van der Waals surface area contributed by atoms with Crippen molar-refractivity contribution in [3.05, 3.63) is 69.8 Å². The summed E-state index contributed by atoms with van der Waals surface area (Å²) in [6.07, 6.45) is 3.80. The Kier molecular flexibility index (Phi) is 4.77. The molecule has 4 atom stereocenters. The molecule has 2 amide bonds. The van der Waals surface area contributed by atoms with Gasteiger partial charge in [-0.3, -0.25) is 14.4 Å². The van der Waals surface area contributed by atoms with Crippen molar-refractivity contribution in [2.45, 2.75) is 32.9 Å². The summed E-state index contributed by atoms with van der Waals surface area (Å²) in [5, 5.41) is 0.634. The predicted octanol–water partition coefficient (Wildman–Crippen LogP) is 5.12. The number of nitrogens with zero attached hydrogens (tertiary/aromatic N) is 2. The standard InChI is InChI=1S/C25H22Cl2N2O3/c1-25(2,3)22(30)21-19-18(20-15-7-5-4-6-13(15)10-11-28(20)21)23(31)29(24(19)32)17-9-8-14(26)12-16(17)27/h4-12,18-21H,1-3H3/t18-,19+,20+,21-/m0/s1. The van der Waals surface area contributed by atoms with Gasteiger partial charge in [0.05, 0.1) is 28.6 Å². The minimum Gasteiger partial charge on any atom is -0.359 e. The number of fused-ring (bicyclic) bond motifs is 5. The summed E-state index contributed by atoms with van der Waals surface area (Å²) in [4.78, 5) is 44.2. The first-order valence-electron chi connectivity index (χ1n) is 10.5. The molecule has 0 bridgehead atoms. The molecule has 2 fully saturated rings. The number of carbonyl (C=O) groups is 3. The number of anilines is 1. The molecule has 5 rings (SSSR count). The van der Waals surface area contributed by atoms with Crippen LogP contribution in [0.2, 0.25) is 10.0 Å². The fraction of sp³-hybridized carbons (Fsp3) is 0.320. The Morgan fingerprint density at radius 3 is 2.34 bits per heavy atom. The zero-order chi connectivity index (χ0) is 22.9. The van der Waals surface area contributed by atoms with Gasteiger partial charge in [-0.25, -0.2) is 4.90 Å².